The normalized spacial score (nSPS) is 53.2. The zero-order valence-electron chi connectivity index (χ0n) is 8.18. The highest BCUT2D eigenvalue weighted by atomic mass is 16.1. The van der Waals surface area contributed by atoms with Crippen molar-refractivity contribution in [1.82, 2.24) is 0 Å². The van der Waals surface area contributed by atoms with Gasteiger partial charge in [0.15, 0.2) is 0 Å². The minimum atomic E-state index is 0.317. The van der Waals surface area contributed by atoms with Crippen molar-refractivity contribution in [1.29, 1.82) is 0 Å². The van der Waals surface area contributed by atoms with Crippen molar-refractivity contribution in [2.75, 3.05) is 0 Å². The summed E-state index contributed by atoms with van der Waals surface area (Å²) in [7, 11) is 0. The summed E-state index contributed by atoms with van der Waals surface area (Å²) in [5.74, 6) is 2.77. The molecule has 0 bridgehead atoms. The average Bonchev–Trinajstić information content (AvgIpc) is 2.78. The number of hydrogen-bond acceptors (Lipinski definition) is 1. The molecule has 3 aliphatic rings. The van der Waals surface area contributed by atoms with E-state index in [2.05, 4.69) is 13.5 Å². The van der Waals surface area contributed by atoms with Crippen molar-refractivity contribution >= 4 is 5.78 Å². The minimum absolute atomic E-state index is 0.317. The monoisotopic (exact) mass is 176 g/mol. The summed E-state index contributed by atoms with van der Waals surface area (Å²) in [5.41, 5.74) is 1.79. The van der Waals surface area contributed by atoms with Crippen LogP contribution in [0.2, 0.25) is 0 Å². The van der Waals surface area contributed by atoms with E-state index in [1.54, 1.807) is 0 Å². The first-order chi connectivity index (χ1) is 6.13. The van der Waals surface area contributed by atoms with E-state index in [1.165, 1.54) is 12.0 Å². The number of fused-ring (bicyclic) bond motifs is 3. The van der Waals surface area contributed by atoms with E-state index in [4.69, 9.17) is 0 Å². The average molecular weight is 176 g/mol. The van der Waals surface area contributed by atoms with Gasteiger partial charge in [0.1, 0.15) is 5.78 Å². The number of rotatable bonds is 0. The van der Waals surface area contributed by atoms with Gasteiger partial charge in [-0.05, 0) is 36.0 Å². The summed E-state index contributed by atoms with van der Waals surface area (Å²) in [6.45, 7) is 6.54. The van der Waals surface area contributed by atoms with E-state index in [0.29, 0.717) is 17.1 Å². The quantitative estimate of drug-likeness (QED) is 0.518. The third-order valence-electron chi connectivity index (χ3n) is 4.65. The molecule has 0 radical (unpaired) electrons. The largest absolute Gasteiger partial charge is 0.300 e. The summed E-state index contributed by atoms with van der Waals surface area (Å²) in [5, 5.41) is 0. The lowest BCUT2D eigenvalue weighted by atomic mass is 9.65. The highest BCUT2D eigenvalue weighted by Gasteiger charge is 2.63. The molecule has 0 N–H and O–H groups in total. The van der Waals surface area contributed by atoms with Gasteiger partial charge >= 0.3 is 0 Å². The Morgan fingerprint density at radius 1 is 1.54 bits per heavy atom. The van der Waals surface area contributed by atoms with Gasteiger partial charge in [-0.1, -0.05) is 19.1 Å². The van der Waals surface area contributed by atoms with Crippen molar-refractivity contribution in [2.24, 2.45) is 23.2 Å². The second-order valence-corrected chi connectivity index (χ2v) is 5.34. The van der Waals surface area contributed by atoms with Crippen LogP contribution in [0.5, 0.6) is 0 Å². The molecule has 13 heavy (non-hydrogen) atoms. The zero-order chi connectivity index (χ0) is 9.22. The molecule has 3 aliphatic carbocycles. The van der Waals surface area contributed by atoms with Crippen LogP contribution in [0.1, 0.15) is 32.6 Å². The minimum Gasteiger partial charge on any atom is -0.300 e. The Morgan fingerprint density at radius 3 is 3.08 bits per heavy atom. The van der Waals surface area contributed by atoms with Gasteiger partial charge in [-0.25, -0.2) is 0 Å². The van der Waals surface area contributed by atoms with Crippen LogP contribution < -0.4 is 0 Å². The van der Waals surface area contributed by atoms with Gasteiger partial charge in [0.25, 0.3) is 0 Å². The Balaban J connectivity index is 1.99. The highest BCUT2D eigenvalue weighted by molar-refractivity contribution is 5.80. The Bertz CT molecular complexity index is 304. The summed E-state index contributed by atoms with van der Waals surface area (Å²) < 4.78 is 0. The van der Waals surface area contributed by atoms with Crippen LogP contribution in [0.4, 0.5) is 0 Å². The highest BCUT2D eigenvalue weighted by Crippen LogP contribution is 2.70. The molecule has 0 aromatic heterocycles. The van der Waals surface area contributed by atoms with Crippen LogP contribution in [-0.2, 0) is 4.79 Å². The second-order valence-electron chi connectivity index (χ2n) is 5.34. The van der Waals surface area contributed by atoms with Crippen molar-refractivity contribution in [2.45, 2.75) is 32.6 Å². The zero-order valence-corrected chi connectivity index (χ0v) is 8.18. The molecule has 4 unspecified atom stereocenters. The molecule has 1 heteroatoms. The van der Waals surface area contributed by atoms with Gasteiger partial charge in [-0.2, -0.15) is 0 Å². The molecule has 0 aromatic rings. The SMILES string of the molecule is C=C1C2CC2C2(C)CC(=O)CCC12. The standard InChI is InChI=1S/C12H16O/c1-7-9-5-11(9)12(2)6-8(13)3-4-10(7)12/h9-11H,1,3-6H2,2H3. The number of hydrogen-bond donors (Lipinski definition) is 0. The molecule has 3 saturated carbocycles. The van der Waals surface area contributed by atoms with Crippen LogP contribution >= 0.6 is 0 Å². The maximum Gasteiger partial charge on any atom is 0.133 e. The molecule has 4 atom stereocenters. The van der Waals surface area contributed by atoms with E-state index >= 15 is 0 Å². The number of carbonyl (C=O) groups excluding carboxylic acids is 1. The van der Waals surface area contributed by atoms with E-state index in [1.807, 2.05) is 0 Å². The lowest BCUT2D eigenvalue weighted by Gasteiger charge is -2.38. The lowest BCUT2D eigenvalue weighted by Crippen LogP contribution is -2.34. The Kier molecular flexibility index (Phi) is 1.24. The molecule has 0 aliphatic heterocycles. The predicted octanol–water partition coefficient (Wildman–Crippen LogP) is 2.57. The first-order valence-electron chi connectivity index (χ1n) is 5.33. The van der Waals surface area contributed by atoms with Crippen molar-refractivity contribution < 1.29 is 4.79 Å². The molecule has 0 saturated heterocycles. The van der Waals surface area contributed by atoms with Crippen LogP contribution in [0.15, 0.2) is 12.2 Å². The molecule has 3 rings (SSSR count). The fourth-order valence-corrected chi connectivity index (χ4v) is 3.86. The van der Waals surface area contributed by atoms with Crippen LogP contribution in [0, 0.1) is 23.2 Å². The predicted molar refractivity (Wildman–Crippen MR) is 51.2 cm³/mol. The molecular formula is C12H16O. The molecule has 0 heterocycles. The van der Waals surface area contributed by atoms with Gasteiger partial charge < -0.3 is 0 Å². The Morgan fingerprint density at radius 2 is 2.31 bits per heavy atom. The van der Waals surface area contributed by atoms with Crippen LogP contribution in [-0.4, -0.2) is 5.78 Å². The van der Waals surface area contributed by atoms with Gasteiger partial charge in [-0.3, -0.25) is 4.79 Å². The van der Waals surface area contributed by atoms with Crippen molar-refractivity contribution in [3.05, 3.63) is 12.2 Å². The molecule has 0 spiro atoms. The van der Waals surface area contributed by atoms with E-state index in [9.17, 15) is 4.79 Å². The molecule has 3 fully saturated rings. The lowest BCUT2D eigenvalue weighted by molar-refractivity contribution is -0.124. The van der Waals surface area contributed by atoms with Gasteiger partial charge in [0.2, 0.25) is 0 Å². The van der Waals surface area contributed by atoms with E-state index < -0.39 is 0 Å². The fourth-order valence-electron chi connectivity index (χ4n) is 3.86. The van der Waals surface area contributed by atoms with Crippen molar-refractivity contribution in [3.63, 3.8) is 0 Å². The smallest absolute Gasteiger partial charge is 0.133 e. The number of Topliss-reactive ketones (excluding diaryl/α,β-unsaturated/α-hetero) is 1. The van der Waals surface area contributed by atoms with Crippen LogP contribution in [0.3, 0.4) is 0 Å². The van der Waals surface area contributed by atoms with Gasteiger partial charge in [-0.15, -0.1) is 0 Å². The van der Waals surface area contributed by atoms with Gasteiger partial charge in [0, 0.05) is 12.8 Å². The summed E-state index contributed by atoms with van der Waals surface area (Å²) >= 11 is 0. The van der Waals surface area contributed by atoms with Crippen LogP contribution in [0.25, 0.3) is 0 Å². The summed E-state index contributed by atoms with van der Waals surface area (Å²) in [6, 6.07) is 0. The van der Waals surface area contributed by atoms with Gasteiger partial charge in [0.05, 0.1) is 0 Å². The molecule has 70 valence electrons. The summed E-state index contributed by atoms with van der Waals surface area (Å²) in [4.78, 5) is 11.5. The number of ketones is 1. The maximum absolute atomic E-state index is 11.5. The topological polar surface area (TPSA) is 17.1 Å². The first kappa shape index (κ1) is 7.78. The van der Waals surface area contributed by atoms with E-state index in [0.717, 1.165) is 31.1 Å². The summed E-state index contributed by atoms with van der Waals surface area (Å²) in [6.07, 6.45) is 4.04. The first-order valence-corrected chi connectivity index (χ1v) is 5.33. The maximum atomic E-state index is 11.5. The third-order valence-corrected chi connectivity index (χ3v) is 4.65. The molecular weight excluding hydrogens is 160 g/mol. The Labute approximate surface area is 79.2 Å². The molecule has 0 amide bonds. The molecule has 1 nitrogen and oxygen atoms in total. The Hall–Kier alpha value is -0.590. The fraction of sp³-hybridized carbons (Fsp3) is 0.750. The number of allylic oxidation sites excluding steroid dienone is 1. The van der Waals surface area contributed by atoms with Crippen molar-refractivity contribution in [3.8, 4) is 0 Å². The number of carbonyl (C=O) groups is 1. The van der Waals surface area contributed by atoms with E-state index in [-0.39, 0.29) is 0 Å². The molecule has 0 aromatic carbocycles. The second kappa shape index (κ2) is 2.08. The third kappa shape index (κ3) is 0.806.